The Morgan fingerprint density at radius 3 is 2.33 bits per heavy atom. The normalized spacial score (nSPS) is 19.9. The number of carbonyl (C=O) groups excluding carboxylic acids is 1. The number of sulfone groups is 1. The third-order valence-electron chi connectivity index (χ3n) is 6.41. The molecular formula is C23H28N2O4S. The number of carbonyl (C=O) groups is 1. The van der Waals surface area contributed by atoms with E-state index in [0.717, 1.165) is 17.0 Å². The number of hydrogen-bond donors (Lipinski definition) is 3. The highest BCUT2D eigenvalue weighted by molar-refractivity contribution is 7.91. The number of rotatable bonds is 6. The molecule has 1 aliphatic carbocycles. The van der Waals surface area contributed by atoms with Crippen molar-refractivity contribution < 1.29 is 18.4 Å². The lowest BCUT2D eigenvalue weighted by molar-refractivity contribution is -0.136. The van der Waals surface area contributed by atoms with Crippen LogP contribution in [0.3, 0.4) is 0 Å². The van der Waals surface area contributed by atoms with E-state index in [4.69, 9.17) is 5.21 Å². The van der Waals surface area contributed by atoms with Crippen molar-refractivity contribution in [3.05, 3.63) is 59.2 Å². The Hall–Kier alpha value is -2.22. The Morgan fingerprint density at radius 2 is 1.77 bits per heavy atom. The fraction of sp³-hybridized carbons (Fsp3) is 0.435. The molecule has 0 aromatic heterocycles. The van der Waals surface area contributed by atoms with Gasteiger partial charge in [-0.1, -0.05) is 42.5 Å². The van der Waals surface area contributed by atoms with Gasteiger partial charge in [0.05, 0.1) is 11.5 Å². The Balaban J connectivity index is 1.47. The van der Waals surface area contributed by atoms with Crippen molar-refractivity contribution >= 4 is 15.7 Å². The summed E-state index contributed by atoms with van der Waals surface area (Å²) in [7, 11) is -3.13. The van der Waals surface area contributed by atoms with Crippen molar-refractivity contribution in [3.63, 3.8) is 0 Å². The summed E-state index contributed by atoms with van der Waals surface area (Å²) in [5.41, 5.74) is 6.54. The van der Waals surface area contributed by atoms with Gasteiger partial charge in [0.2, 0.25) is 0 Å². The predicted octanol–water partition coefficient (Wildman–Crippen LogP) is 3.08. The van der Waals surface area contributed by atoms with Gasteiger partial charge in [-0.05, 0) is 66.3 Å². The van der Waals surface area contributed by atoms with Gasteiger partial charge in [0.25, 0.3) is 5.91 Å². The zero-order valence-corrected chi connectivity index (χ0v) is 18.0. The summed E-state index contributed by atoms with van der Waals surface area (Å²) in [6.45, 7) is 2.48. The monoisotopic (exact) mass is 428 g/mol. The summed E-state index contributed by atoms with van der Waals surface area (Å²) in [5, 5.41) is 12.4. The van der Waals surface area contributed by atoms with E-state index >= 15 is 0 Å². The van der Waals surface area contributed by atoms with Gasteiger partial charge in [-0.15, -0.1) is 0 Å². The third kappa shape index (κ3) is 4.43. The molecule has 1 aliphatic heterocycles. The van der Waals surface area contributed by atoms with Crippen molar-refractivity contribution in [2.45, 2.75) is 50.6 Å². The van der Waals surface area contributed by atoms with Crippen molar-refractivity contribution in [2.75, 3.05) is 11.5 Å². The van der Waals surface area contributed by atoms with Crippen LogP contribution in [-0.2, 0) is 21.2 Å². The molecule has 1 saturated heterocycles. The highest BCUT2D eigenvalue weighted by atomic mass is 32.2. The standard InChI is InChI=1S/C23H28N2O4S/c1-16-14-17(2-9-21(16)20-7-5-19(6-8-20)18-3-4-18)15-24-23(22(26)25-27)10-12-30(28,29)13-11-23/h2,5-9,14,18,24,27H,3-4,10-13,15H2,1H3,(H,25,26). The minimum absolute atomic E-state index is 0.0672. The van der Waals surface area contributed by atoms with Gasteiger partial charge in [0.15, 0.2) is 0 Å². The molecule has 160 valence electrons. The molecule has 1 saturated carbocycles. The Morgan fingerprint density at radius 1 is 1.10 bits per heavy atom. The predicted molar refractivity (Wildman–Crippen MR) is 116 cm³/mol. The zero-order valence-electron chi connectivity index (χ0n) is 17.1. The minimum Gasteiger partial charge on any atom is -0.299 e. The van der Waals surface area contributed by atoms with E-state index in [1.165, 1.54) is 29.5 Å². The van der Waals surface area contributed by atoms with E-state index in [0.29, 0.717) is 6.54 Å². The number of aryl methyl sites for hydroxylation is 1. The summed E-state index contributed by atoms with van der Waals surface area (Å²) in [6.07, 6.45) is 2.88. The van der Waals surface area contributed by atoms with Crippen molar-refractivity contribution in [1.82, 2.24) is 10.8 Å². The minimum atomic E-state index is -3.13. The average Bonchev–Trinajstić information content (AvgIpc) is 3.58. The summed E-state index contributed by atoms with van der Waals surface area (Å²) in [6, 6.07) is 15.0. The van der Waals surface area contributed by atoms with E-state index in [1.54, 1.807) is 5.48 Å². The number of amides is 1. The van der Waals surface area contributed by atoms with E-state index in [1.807, 2.05) is 6.07 Å². The van der Waals surface area contributed by atoms with Crippen LogP contribution in [0.25, 0.3) is 11.1 Å². The van der Waals surface area contributed by atoms with Crippen LogP contribution in [0.2, 0.25) is 0 Å². The first-order valence-corrected chi connectivity index (χ1v) is 12.2. The van der Waals surface area contributed by atoms with Crippen LogP contribution in [0, 0.1) is 6.92 Å². The topological polar surface area (TPSA) is 95.5 Å². The highest BCUT2D eigenvalue weighted by Gasteiger charge is 2.43. The number of hydroxylamine groups is 1. The molecule has 1 amide bonds. The summed E-state index contributed by atoms with van der Waals surface area (Å²) in [4.78, 5) is 12.3. The van der Waals surface area contributed by atoms with Crippen LogP contribution >= 0.6 is 0 Å². The molecule has 0 radical (unpaired) electrons. The smallest absolute Gasteiger partial charge is 0.263 e. The van der Waals surface area contributed by atoms with Gasteiger partial charge in [0, 0.05) is 6.54 Å². The van der Waals surface area contributed by atoms with Gasteiger partial charge in [0.1, 0.15) is 15.4 Å². The van der Waals surface area contributed by atoms with Gasteiger partial charge in [-0.2, -0.15) is 0 Å². The lowest BCUT2D eigenvalue weighted by Gasteiger charge is -2.35. The first-order valence-electron chi connectivity index (χ1n) is 10.4. The fourth-order valence-electron chi connectivity index (χ4n) is 4.26. The molecule has 6 nitrogen and oxygen atoms in total. The zero-order chi connectivity index (χ0) is 21.4. The summed E-state index contributed by atoms with van der Waals surface area (Å²) < 4.78 is 23.6. The summed E-state index contributed by atoms with van der Waals surface area (Å²) in [5.74, 6) is 0.0260. The maximum Gasteiger partial charge on any atom is 0.263 e. The fourth-order valence-corrected chi connectivity index (χ4v) is 5.78. The Labute approximate surface area is 177 Å². The first kappa shape index (κ1) is 21.0. The molecule has 7 heteroatoms. The average molecular weight is 429 g/mol. The molecule has 30 heavy (non-hydrogen) atoms. The maximum atomic E-state index is 12.3. The van der Waals surface area contributed by atoms with E-state index < -0.39 is 21.3 Å². The van der Waals surface area contributed by atoms with Crippen molar-refractivity contribution in [1.29, 1.82) is 0 Å². The van der Waals surface area contributed by atoms with Gasteiger partial charge in [-0.25, -0.2) is 13.9 Å². The van der Waals surface area contributed by atoms with Crippen LogP contribution < -0.4 is 10.8 Å². The van der Waals surface area contributed by atoms with Gasteiger partial charge in [-0.3, -0.25) is 15.3 Å². The molecule has 2 aromatic rings. The first-order chi connectivity index (χ1) is 14.3. The number of nitrogens with one attached hydrogen (secondary N) is 2. The van der Waals surface area contributed by atoms with Crippen LogP contribution in [0.5, 0.6) is 0 Å². The van der Waals surface area contributed by atoms with Crippen LogP contribution in [0.15, 0.2) is 42.5 Å². The third-order valence-corrected chi connectivity index (χ3v) is 8.06. The second-order valence-electron chi connectivity index (χ2n) is 8.57. The van der Waals surface area contributed by atoms with Crippen LogP contribution in [0.1, 0.15) is 48.3 Å². The second-order valence-corrected chi connectivity index (χ2v) is 10.9. The molecule has 0 bridgehead atoms. The number of benzene rings is 2. The molecular weight excluding hydrogens is 400 g/mol. The molecule has 4 rings (SSSR count). The van der Waals surface area contributed by atoms with Crippen molar-refractivity contribution in [3.8, 4) is 11.1 Å². The SMILES string of the molecule is Cc1cc(CNC2(C(=O)NO)CCS(=O)(=O)CC2)ccc1-c1ccc(C2CC2)cc1. The second kappa shape index (κ2) is 8.13. The summed E-state index contributed by atoms with van der Waals surface area (Å²) >= 11 is 0. The molecule has 1 heterocycles. The Kier molecular flexibility index (Phi) is 5.70. The number of hydrogen-bond acceptors (Lipinski definition) is 5. The molecule has 2 aromatic carbocycles. The van der Waals surface area contributed by atoms with Gasteiger partial charge >= 0.3 is 0 Å². The molecule has 0 spiro atoms. The highest BCUT2D eigenvalue weighted by Crippen LogP contribution is 2.40. The lowest BCUT2D eigenvalue weighted by Crippen LogP contribution is -2.59. The van der Waals surface area contributed by atoms with Crippen LogP contribution in [0.4, 0.5) is 0 Å². The maximum absolute atomic E-state index is 12.3. The van der Waals surface area contributed by atoms with E-state index in [-0.39, 0.29) is 24.3 Å². The van der Waals surface area contributed by atoms with Crippen molar-refractivity contribution in [2.24, 2.45) is 0 Å². The van der Waals surface area contributed by atoms with E-state index in [9.17, 15) is 13.2 Å². The van der Waals surface area contributed by atoms with Gasteiger partial charge < -0.3 is 0 Å². The molecule has 0 unspecified atom stereocenters. The molecule has 2 aliphatic rings. The molecule has 2 fully saturated rings. The Bertz CT molecular complexity index is 1030. The van der Waals surface area contributed by atoms with Crippen LogP contribution in [-0.4, -0.2) is 36.6 Å². The van der Waals surface area contributed by atoms with E-state index in [2.05, 4.69) is 48.6 Å². The lowest BCUT2D eigenvalue weighted by atomic mass is 9.90. The molecule has 0 atom stereocenters. The molecule has 3 N–H and O–H groups in total. The quantitative estimate of drug-likeness (QED) is 0.485. The largest absolute Gasteiger partial charge is 0.299 e.